The van der Waals surface area contributed by atoms with E-state index >= 15 is 0 Å². The van der Waals surface area contributed by atoms with Gasteiger partial charge in [0.05, 0.1) is 38.5 Å². The highest BCUT2D eigenvalue weighted by Crippen LogP contribution is 2.36. The number of allylic oxidation sites excluding steroid dienone is 1. The lowest BCUT2D eigenvalue weighted by atomic mass is 9.94. The van der Waals surface area contributed by atoms with Gasteiger partial charge >= 0.3 is 12.0 Å². The van der Waals surface area contributed by atoms with Crippen LogP contribution in [0.1, 0.15) is 31.0 Å². The number of carbonyl (C=O) groups is 2. The van der Waals surface area contributed by atoms with E-state index in [0.29, 0.717) is 41.5 Å². The molecule has 2 amide bonds. The maximum absolute atomic E-state index is 13.1. The minimum absolute atomic E-state index is 0.109. The van der Waals surface area contributed by atoms with E-state index < -0.39 is 12.0 Å². The molecule has 0 radical (unpaired) electrons. The third-order valence-electron chi connectivity index (χ3n) is 5.34. The molecular formula is C25H30N2O6. The summed E-state index contributed by atoms with van der Waals surface area (Å²) in [6, 6.07) is 13.9. The molecule has 0 unspecified atom stereocenters. The molecule has 0 fully saturated rings. The van der Waals surface area contributed by atoms with Crippen molar-refractivity contribution in [2.24, 2.45) is 0 Å². The number of hydrogen-bond donors (Lipinski definition) is 1. The molecule has 1 atom stereocenters. The Hall–Kier alpha value is -3.52. The predicted molar refractivity (Wildman–Crippen MR) is 123 cm³/mol. The van der Waals surface area contributed by atoms with Crippen LogP contribution in [0.5, 0.6) is 11.5 Å². The third kappa shape index (κ3) is 5.64. The van der Waals surface area contributed by atoms with E-state index in [0.717, 1.165) is 5.56 Å². The molecule has 1 N–H and O–H groups in total. The van der Waals surface area contributed by atoms with E-state index in [-0.39, 0.29) is 19.2 Å². The molecule has 0 aromatic heterocycles. The van der Waals surface area contributed by atoms with Gasteiger partial charge in [-0.15, -0.1) is 0 Å². The quantitative estimate of drug-likeness (QED) is 0.434. The second-order valence-electron chi connectivity index (χ2n) is 7.43. The van der Waals surface area contributed by atoms with Crippen LogP contribution >= 0.6 is 0 Å². The Kier molecular flexibility index (Phi) is 8.32. The number of rotatable bonds is 10. The zero-order valence-corrected chi connectivity index (χ0v) is 19.4. The molecule has 33 heavy (non-hydrogen) atoms. The molecule has 0 spiro atoms. The number of urea groups is 1. The molecule has 3 rings (SSSR count). The first-order valence-electron chi connectivity index (χ1n) is 10.8. The lowest BCUT2D eigenvalue weighted by Gasteiger charge is -2.35. The fourth-order valence-electron chi connectivity index (χ4n) is 3.69. The first-order chi connectivity index (χ1) is 16.0. The minimum atomic E-state index is -0.704. The van der Waals surface area contributed by atoms with E-state index in [1.807, 2.05) is 37.3 Å². The summed E-state index contributed by atoms with van der Waals surface area (Å²) in [5, 5.41) is 2.96. The van der Waals surface area contributed by atoms with Gasteiger partial charge in [-0.25, -0.2) is 9.59 Å². The van der Waals surface area contributed by atoms with Gasteiger partial charge in [-0.2, -0.15) is 0 Å². The Bertz CT molecular complexity index is 1010. The standard InChI is InChI=1S/C25H30N2O6/c1-5-32-21-15-19(11-12-20(21)31-4)23-22(24(28)33-14-13-30-3)17(2)27(25(29)26-23)16-18-9-7-6-8-10-18/h6-12,15,23H,5,13-14,16H2,1-4H3,(H,26,29)/t23-/m1/s1. The second kappa shape index (κ2) is 11.4. The van der Waals surface area contributed by atoms with Gasteiger partial charge < -0.3 is 24.3 Å². The van der Waals surface area contributed by atoms with Crippen molar-refractivity contribution < 1.29 is 28.5 Å². The minimum Gasteiger partial charge on any atom is -0.493 e. The molecule has 2 aromatic rings. The van der Waals surface area contributed by atoms with Crippen LogP contribution in [0, 0.1) is 0 Å². The van der Waals surface area contributed by atoms with Crippen LogP contribution < -0.4 is 14.8 Å². The van der Waals surface area contributed by atoms with Crippen molar-refractivity contribution in [3.63, 3.8) is 0 Å². The van der Waals surface area contributed by atoms with E-state index in [9.17, 15) is 9.59 Å². The predicted octanol–water partition coefficient (Wildman–Crippen LogP) is 3.82. The van der Waals surface area contributed by atoms with Crippen LogP contribution in [0.15, 0.2) is 59.8 Å². The van der Waals surface area contributed by atoms with E-state index in [4.69, 9.17) is 18.9 Å². The van der Waals surface area contributed by atoms with Crippen LogP contribution in [-0.2, 0) is 20.8 Å². The van der Waals surface area contributed by atoms with Crippen LogP contribution in [0.4, 0.5) is 4.79 Å². The zero-order valence-electron chi connectivity index (χ0n) is 19.4. The molecule has 0 saturated carbocycles. The number of esters is 1. The van der Waals surface area contributed by atoms with Gasteiger partial charge in [0.2, 0.25) is 0 Å². The summed E-state index contributed by atoms with van der Waals surface area (Å²) in [6.07, 6.45) is 0. The monoisotopic (exact) mass is 454 g/mol. The highest BCUT2D eigenvalue weighted by atomic mass is 16.6. The molecule has 2 aromatic carbocycles. The van der Waals surface area contributed by atoms with Crippen LogP contribution in [0.2, 0.25) is 0 Å². The Morgan fingerprint density at radius 3 is 2.48 bits per heavy atom. The van der Waals surface area contributed by atoms with Crippen molar-refractivity contribution in [2.75, 3.05) is 34.0 Å². The molecule has 0 saturated heterocycles. The first kappa shape index (κ1) is 24.1. The average Bonchev–Trinajstić information content (AvgIpc) is 2.82. The highest BCUT2D eigenvalue weighted by Gasteiger charge is 2.37. The van der Waals surface area contributed by atoms with Gasteiger partial charge in [-0.1, -0.05) is 36.4 Å². The number of ether oxygens (including phenoxy) is 4. The molecule has 0 bridgehead atoms. The molecule has 8 heteroatoms. The molecule has 1 aliphatic heterocycles. The summed E-state index contributed by atoms with van der Waals surface area (Å²) < 4.78 is 21.5. The van der Waals surface area contributed by atoms with Crippen LogP contribution in [0.25, 0.3) is 0 Å². The average molecular weight is 455 g/mol. The summed E-state index contributed by atoms with van der Waals surface area (Å²) in [6.45, 7) is 4.79. The van der Waals surface area contributed by atoms with Gasteiger partial charge in [0.15, 0.2) is 11.5 Å². The number of hydrogen-bond acceptors (Lipinski definition) is 6. The summed E-state index contributed by atoms with van der Waals surface area (Å²) in [7, 11) is 3.10. The number of nitrogens with zero attached hydrogens (tertiary/aromatic N) is 1. The number of amides is 2. The maximum Gasteiger partial charge on any atom is 0.338 e. The SMILES string of the molecule is CCOc1cc([C@H]2NC(=O)N(Cc3ccccc3)C(C)=C2C(=O)OCCOC)ccc1OC. The topological polar surface area (TPSA) is 86.3 Å². The molecule has 1 aliphatic rings. The Morgan fingerprint density at radius 1 is 1.06 bits per heavy atom. The zero-order chi connectivity index (χ0) is 23.8. The van der Waals surface area contributed by atoms with Crippen molar-refractivity contribution in [1.82, 2.24) is 10.2 Å². The van der Waals surface area contributed by atoms with Crippen LogP contribution in [-0.4, -0.2) is 50.9 Å². The van der Waals surface area contributed by atoms with Crippen molar-refractivity contribution >= 4 is 12.0 Å². The third-order valence-corrected chi connectivity index (χ3v) is 5.34. The maximum atomic E-state index is 13.1. The molecule has 1 heterocycles. The van der Waals surface area contributed by atoms with Crippen molar-refractivity contribution in [1.29, 1.82) is 0 Å². The molecule has 8 nitrogen and oxygen atoms in total. The smallest absolute Gasteiger partial charge is 0.338 e. The van der Waals surface area contributed by atoms with Gasteiger partial charge in [0, 0.05) is 12.8 Å². The largest absolute Gasteiger partial charge is 0.493 e. The van der Waals surface area contributed by atoms with Crippen LogP contribution in [0.3, 0.4) is 0 Å². The lowest BCUT2D eigenvalue weighted by Crippen LogP contribution is -2.47. The van der Waals surface area contributed by atoms with Gasteiger partial charge in [-0.05, 0) is 37.1 Å². The Balaban J connectivity index is 2.02. The van der Waals surface area contributed by atoms with Crippen molar-refractivity contribution in [3.05, 3.63) is 70.9 Å². The highest BCUT2D eigenvalue weighted by molar-refractivity contribution is 5.95. The van der Waals surface area contributed by atoms with Gasteiger partial charge in [0.25, 0.3) is 0 Å². The molecule has 176 valence electrons. The van der Waals surface area contributed by atoms with Gasteiger partial charge in [-0.3, -0.25) is 4.90 Å². The molecule has 0 aliphatic carbocycles. The van der Waals surface area contributed by atoms with Gasteiger partial charge in [0.1, 0.15) is 6.61 Å². The fraction of sp³-hybridized carbons (Fsp3) is 0.360. The Morgan fingerprint density at radius 2 is 1.82 bits per heavy atom. The summed E-state index contributed by atoms with van der Waals surface area (Å²) >= 11 is 0. The van der Waals surface area contributed by atoms with Crippen molar-refractivity contribution in [3.8, 4) is 11.5 Å². The van der Waals surface area contributed by atoms with E-state index in [1.165, 1.54) is 7.11 Å². The first-order valence-corrected chi connectivity index (χ1v) is 10.8. The second-order valence-corrected chi connectivity index (χ2v) is 7.43. The number of carbonyl (C=O) groups excluding carboxylic acids is 2. The van der Waals surface area contributed by atoms with E-state index in [2.05, 4.69) is 5.32 Å². The number of nitrogens with one attached hydrogen (secondary N) is 1. The fourth-order valence-corrected chi connectivity index (χ4v) is 3.69. The van der Waals surface area contributed by atoms with Crippen molar-refractivity contribution in [2.45, 2.75) is 26.4 Å². The lowest BCUT2D eigenvalue weighted by molar-refractivity contribution is -0.140. The summed E-state index contributed by atoms with van der Waals surface area (Å²) in [4.78, 5) is 27.8. The summed E-state index contributed by atoms with van der Waals surface area (Å²) in [5.74, 6) is 0.586. The van der Waals surface area contributed by atoms with E-state index in [1.54, 1.807) is 37.1 Å². The molecular weight excluding hydrogens is 424 g/mol. The number of benzene rings is 2. The number of methoxy groups -OCH3 is 2. The normalized spacial score (nSPS) is 15.8. The summed E-state index contributed by atoms with van der Waals surface area (Å²) in [5.41, 5.74) is 2.52. The Labute approximate surface area is 194 Å².